The van der Waals surface area contributed by atoms with Crippen molar-refractivity contribution in [3.63, 3.8) is 0 Å². The number of aromatic nitrogens is 3. The number of carbonyl (C=O) groups is 1. The summed E-state index contributed by atoms with van der Waals surface area (Å²) in [7, 11) is 0. The summed E-state index contributed by atoms with van der Waals surface area (Å²) < 4.78 is 6.35. The average Bonchev–Trinajstić information content (AvgIpc) is 3.36. The number of hydrogen-bond acceptors (Lipinski definition) is 7. The van der Waals surface area contributed by atoms with E-state index in [2.05, 4.69) is 37.1 Å². The van der Waals surface area contributed by atoms with E-state index in [-0.39, 0.29) is 11.8 Å². The van der Waals surface area contributed by atoms with Gasteiger partial charge in [-0.05, 0) is 41.8 Å². The highest BCUT2D eigenvalue weighted by Crippen LogP contribution is 2.32. The first-order valence-electron chi connectivity index (χ1n) is 8.35. The number of halogens is 1. The van der Waals surface area contributed by atoms with Gasteiger partial charge in [-0.2, -0.15) is 4.98 Å². The van der Waals surface area contributed by atoms with Gasteiger partial charge in [0.25, 0.3) is 0 Å². The van der Waals surface area contributed by atoms with Gasteiger partial charge in [0.05, 0.1) is 22.9 Å². The molecule has 1 atom stereocenters. The molecule has 1 amide bonds. The second-order valence-electron chi connectivity index (χ2n) is 6.31. The standard InChI is InChI=1S/C17H17BrN4O2S2/c1-10-19-16(24-21-10)11-3-2-4-22(7-11)15(23)6-13-9-26-17(20-13)14-5-12(18)8-25-14/h5,8-9,11H,2-4,6-7H2,1H3. The smallest absolute Gasteiger partial charge is 0.231 e. The summed E-state index contributed by atoms with van der Waals surface area (Å²) in [5.41, 5.74) is 0.829. The van der Waals surface area contributed by atoms with Crippen LogP contribution in [0.5, 0.6) is 0 Å². The second kappa shape index (κ2) is 7.58. The Kier molecular flexibility index (Phi) is 5.19. The minimum Gasteiger partial charge on any atom is -0.342 e. The third-order valence-corrected chi connectivity index (χ3v) is 7.08. The molecule has 1 aliphatic heterocycles. The fourth-order valence-electron chi connectivity index (χ4n) is 3.08. The van der Waals surface area contributed by atoms with Gasteiger partial charge >= 0.3 is 0 Å². The molecule has 1 saturated heterocycles. The maximum atomic E-state index is 12.7. The molecule has 1 unspecified atom stereocenters. The average molecular weight is 453 g/mol. The molecule has 0 spiro atoms. The molecule has 0 radical (unpaired) electrons. The minimum atomic E-state index is 0.107. The van der Waals surface area contributed by atoms with Crippen molar-refractivity contribution >= 4 is 44.5 Å². The maximum absolute atomic E-state index is 12.7. The first-order chi connectivity index (χ1) is 12.6. The Balaban J connectivity index is 1.41. The van der Waals surface area contributed by atoms with Gasteiger partial charge in [0.15, 0.2) is 5.82 Å². The van der Waals surface area contributed by atoms with Gasteiger partial charge in [-0.3, -0.25) is 4.79 Å². The van der Waals surface area contributed by atoms with Gasteiger partial charge in [0.1, 0.15) is 5.01 Å². The summed E-state index contributed by atoms with van der Waals surface area (Å²) >= 11 is 6.69. The molecule has 0 aliphatic carbocycles. The van der Waals surface area contributed by atoms with Crippen LogP contribution in [-0.2, 0) is 11.2 Å². The Labute approximate surface area is 167 Å². The quantitative estimate of drug-likeness (QED) is 0.590. The van der Waals surface area contributed by atoms with Gasteiger partial charge < -0.3 is 9.42 Å². The van der Waals surface area contributed by atoms with Crippen molar-refractivity contribution in [1.82, 2.24) is 20.0 Å². The van der Waals surface area contributed by atoms with E-state index in [1.807, 2.05) is 22.6 Å². The van der Waals surface area contributed by atoms with E-state index in [4.69, 9.17) is 4.52 Å². The summed E-state index contributed by atoms with van der Waals surface area (Å²) in [4.78, 5) is 24.7. The summed E-state index contributed by atoms with van der Waals surface area (Å²) in [6, 6.07) is 2.05. The molecule has 1 fully saturated rings. The van der Waals surface area contributed by atoms with Crippen molar-refractivity contribution in [2.45, 2.75) is 32.1 Å². The maximum Gasteiger partial charge on any atom is 0.231 e. The van der Waals surface area contributed by atoms with Crippen LogP contribution in [0.15, 0.2) is 25.8 Å². The number of carbonyl (C=O) groups excluding carboxylic acids is 1. The number of aryl methyl sites for hydroxylation is 1. The molecule has 3 aromatic heterocycles. The highest BCUT2D eigenvalue weighted by Gasteiger charge is 2.28. The number of thiophene rings is 1. The van der Waals surface area contributed by atoms with Gasteiger partial charge in [-0.1, -0.05) is 5.16 Å². The fourth-order valence-corrected chi connectivity index (χ4v) is 5.40. The van der Waals surface area contributed by atoms with E-state index >= 15 is 0 Å². The van der Waals surface area contributed by atoms with Crippen molar-refractivity contribution in [3.8, 4) is 9.88 Å². The van der Waals surface area contributed by atoms with Crippen LogP contribution in [0.1, 0.15) is 36.2 Å². The molecule has 4 rings (SSSR count). The summed E-state index contributed by atoms with van der Waals surface area (Å²) in [6.07, 6.45) is 2.25. The predicted octanol–water partition coefficient (Wildman–Crippen LogP) is 4.27. The lowest BCUT2D eigenvalue weighted by molar-refractivity contribution is -0.131. The highest BCUT2D eigenvalue weighted by molar-refractivity contribution is 9.10. The molecule has 0 aromatic carbocycles. The Morgan fingerprint density at radius 2 is 2.27 bits per heavy atom. The number of nitrogens with zero attached hydrogens (tertiary/aromatic N) is 4. The zero-order chi connectivity index (χ0) is 18.1. The lowest BCUT2D eigenvalue weighted by Crippen LogP contribution is -2.40. The normalized spacial score (nSPS) is 17.6. The number of thiazole rings is 1. The van der Waals surface area contributed by atoms with Crippen molar-refractivity contribution in [2.24, 2.45) is 0 Å². The van der Waals surface area contributed by atoms with E-state index in [1.54, 1.807) is 22.7 Å². The first kappa shape index (κ1) is 17.8. The first-order valence-corrected chi connectivity index (χ1v) is 10.9. The molecule has 1 aliphatic rings. The highest BCUT2D eigenvalue weighted by atomic mass is 79.9. The lowest BCUT2D eigenvalue weighted by atomic mass is 9.97. The van der Waals surface area contributed by atoms with Crippen LogP contribution in [0.4, 0.5) is 0 Å². The van der Waals surface area contributed by atoms with E-state index in [1.165, 1.54) is 0 Å². The van der Waals surface area contributed by atoms with Crippen LogP contribution in [0, 0.1) is 6.92 Å². The Bertz CT molecular complexity index is 919. The van der Waals surface area contributed by atoms with Gasteiger partial charge in [0.2, 0.25) is 11.8 Å². The minimum absolute atomic E-state index is 0.107. The molecule has 9 heteroatoms. The zero-order valence-electron chi connectivity index (χ0n) is 14.1. The predicted molar refractivity (Wildman–Crippen MR) is 104 cm³/mol. The largest absolute Gasteiger partial charge is 0.342 e. The van der Waals surface area contributed by atoms with E-state index in [0.717, 1.165) is 39.4 Å². The Morgan fingerprint density at radius 3 is 3.00 bits per heavy atom. The van der Waals surface area contributed by atoms with E-state index in [0.29, 0.717) is 24.7 Å². The third-order valence-electron chi connectivity index (χ3n) is 4.33. The number of rotatable bonds is 4. The number of likely N-dealkylation sites (tertiary alicyclic amines) is 1. The third kappa shape index (κ3) is 3.89. The Morgan fingerprint density at radius 1 is 1.38 bits per heavy atom. The molecule has 0 N–H and O–H groups in total. The van der Waals surface area contributed by atoms with Crippen molar-refractivity contribution in [2.75, 3.05) is 13.1 Å². The van der Waals surface area contributed by atoms with Crippen LogP contribution in [-0.4, -0.2) is 39.0 Å². The number of hydrogen-bond donors (Lipinski definition) is 0. The number of amides is 1. The fraction of sp³-hybridized carbons (Fsp3) is 0.412. The molecule has 3 aromatic rings. The van der Waals surface area contributed by atoms with E-state index < -0.39 is 0 Å². The SMILES string of the molecule is Cc1noc(C2CCCN(C(=O)Cc3csc(-c4cc(Br)cs4)n3)C2)n1. The van der Waals surface area contributed by atoms with Gasteiger partial charge in [-0.25, -0.2) is 4.98 Å². The molecule has 0 saturated carbocycles. The molecule has 4 heterocycles. The van der Waals surface area contributed by atoms with Gasteiger partial charge in [0, 0.05) is 28.3 Å². The zero-order valence-corrected chi connectivity index (χ0v) is 17.4. The van der Waals surface area contributed by atoms with Crippen LogP contribution < -0.4 is 0 Å². The van der Waals surface area contributed by atoms with Crippen LogP contribution in [0.3, 0.4) is 0 Å². The van der Waals surface area contributed by atoms with Crippen LogP contribution in [0.25, 0.3) is 9.88 Å². The summed E-state index contributed by atoms with van der Waals surface area (Å²) in [6.45, 7) is 3.22. The van der Waals surface area contributed by atoms with Crippen molar-refractivity contribution in [3.05, 3.63) is 38.7 Å². The summed E-state index contributed by atoms with van der Waals surface area (Å²) in [5, 5.41) is 8.83. The van der Waals surface area contributed by atoms with Crippen molar-refractivity contribution < 1.29 is 9.32 Å². The molecular formula is C17H17BrN4O2S2. The molecule has 26 heavy (non-hydrogen) atoms. The molecule has 6 nitrogen and oxygen atoms in total. The van der Waals surface area contributed by atoms with Crippen molar-refractivity contribution in [1.29, 1.82) is 0 Å². The molecular weight excluding hydrogens is 436 g/mol. The molecule has 136 valence electrons. The van der Waals surface area contributed by atoms with Crippen LogP contribution >= 0.6 is 38.6 Å². The summed E-state index contributed by atoms with van der Waals surface area (Å²) in [5.74, 6) is 1.51. The molecule has 0 bridgehead atoms. The Hall–Kier alpha value is -1.58. The van der Waals surface area contributed by atoms with Gasteiger partial charge in [-0.15, -0.1) is 22.7 Å². The second-order valence-corrected chi connectivity index (χ2v) is 8.99. The van der Waals surface area contributed by atoms with Crippen LogP contribution in [0.2, 0.25) is 0 Å². The topological polar surface area (TPSA) is 72.1 Å². The number of piperidine rings is 1. The monoisotopic (exact) mass is 452 g/mol. The van der Waals surface area contributed by atoms with E-state index in [9.17, 15) is 4.79 Å². The lowest BCUT2D eigenvalue weighted by Gasteiger charge is -2.30.